The Labute approximate surface area is 256 Å². The Kier molecular flexibility index (Phi) is 29.5. The molecule has 0 rings (SSSR count). The van der Waals surface area contributed by atoms with Gasteiger partial charge in [-0.25, -0.2) is 0 Å². The van der Waals surface area contributed by atoms with Crippen molar-refractivity contribution in [2.75, 3.05) is 47.3 Å². The number of hydrogen-bond donors (Lipinski definition) is 0. The number of carbonyl (C=O) groups excluding carboxylic acids is 3. The Balaban J connectivity index is 4.38. The maximum Gasteiger partial charge on any atom is 0.305 e. The van der Waals surface area contributed by atoms with E-state index >= 15 is 0 Å². The van der Waals surface area contributed by atoms with Gasteiger partial charge in [0.15, 0.2) is 6.29 Å². The van der Waals surface area contributed by atoms with Gasteiger partial charge in [-0.05, 0) is 25.7 Å². The minimum atomic E-state index is -0.410. The van der Waals surface area contributed by atoms with Crippen LogP contribution in [0.5, 0.6) is 0 Å². The summed E-state index contributed by atoms with van der Waals surface area (Å²) < 4.78 is 32.7. The van der Waals surface area contributed by atoms with E-state index in [4.69, 9.17) is 23.7 Å². The third-order valence-electron chi connectivity index (χ3n) is 7.04. The molecule has 0 N–H and O–H groups in total. The van der Waals surface area contributed by atoms with Gasteiger partial charge in [-0.15, -0.1) is 0 Å². The first-order chi connectivity index (χ1) is 20.5. The zero-order chi connectivity index (χ0) is 31.1. The number of unbranched alkanes of at least 4 members (excludes halogenated alkanes) is 12. The summed E-state index contributed by atoms with van der Waals surface area (Å²) in [5.41, 5.74) is 0. The van der Waals surface area contributed by atoms with Gasteiger partial charge in [0.25, 0.3) is 0 Å². The van der Waals surface area contributed by atoms with Gasteiger partial charge in [-0.2, -0.15) is 0 Å². The molecule has 9 nitrogen and oxygen atoms in total. The molecule has 1 atom stereocenters. The molecular formula is C33H62O9. The van der Waals surface area contributed by atoms with Gasteiger partial charge < -0.3 is 28.4 Å². The topological polar surface area (TPSA) is 107 Å². The monoisotopic (exact) mass is 602 g/mol. The van der Waals surface area contributed by atoms with E-state index in [1.54, 1.807) is 7.11 Å². The van der Waals surface area contributed by atoms with E-state index in [0.29, 0.717) is 45.5 Å². The van der Waals surface area contributed by atoms with Gasteiger partial charge in [0.2, 0.25) is 0 Å². The summed E-state index contributed by atoms with van der Waals surface area (Å²) in [5, 5.41) is 0. The van der Waals surface area contributed by atoms with Crippen LogP contribution in [0.15, 0.2) is 0 Å². The minimum absolute atomic E-state index is 0.112. The van der Waals surface area contributed by atoms with Crippen LogP contribution in [0.4, 0.5) is 0 Å². The standard InChI is InChI=1S/C33H62O9/c1-5-7-9-11-13-18-24-39-33(40-25-19-14-12-10-8-6-2)23-22-32(36)42-28-29(26-37-3)27-41-31(35)21-17-15-16-20-30(34)38-4/h29,33H,5-28H2,1-4H3. The molecule has 0 saturated carbocycles. The number of methoxy groups -OCH3 is 2. The van der Waals surface area contributed by atoms with Gasteiger partial charge in [0.05, 0.1) is 39.3 Å². The van der Waals surface area contributed by atoms with E-state index < -0.39 is 6.29 Å². The molecule has 0 spiro atoms. The zero-order valence-corrected chi connectivity index (χ0v) is 27.3. The van der Waals surface area contributed by atoms with E-state index in [1.165, 1.54) is 58.5 Å². The summed E-state index contributed by atoms with van der Waals surface area (Å²) >= 11 is 0. The zero-order valence-electron chi connectivity index (χ0n) is 27.3. The molecule has 0 heterocycles. The van der Waals surface area contributed by atoms with Crippen LogP contribution in [-0.2, 0) is 42.8 Å². The van der Waals surface area contributed by atoms with E-state index in [0.717, 1.165) is 32.1 Å². The third kappa shape index (κ3) is 27.1. The molecule has 0 radical (unpaired) electrons. The summed E-state index contributed by atoms with van der Waals surface area (Å²) in [4.78, 5) is 35.7. The summed E-state index contributed by atoms with van der Waals surface area (Å²) in [6.07, 6.45) is 17.2. The van der Waals surface area contributed by atoms with Crippen LogP contribution in [0.3, 0.4) is 0 Å². The molecular weight excluding hydrogens is 540 g/mol. The second-order valence-electron chi connectivity index (χ2n) is 11.1. The first-order valence-corrected chi connectivity index (χ1v) is 16.6. The molecule has 0 aliphatic carbocycles. The SMILES string of the molecule is CCCCCCCCOC(CCC(=O)OCC(COC)COC(=O)CCCCCC(=O)OC)OCCCCCCCC. The summed E-state index contributed by atoms with van der Waals surface area (Å²) in [6.45, 7) is 6.24. The summed E-state index contributed by atoms with van der Waals surface area (Å²) in [6, 6.07) is 0. The fourth-order valence-corrected chi connectivity index (χ4v) is 4.41. The number of carbonyl (C=O) groups is 3. The number of esters is 3. The molecule has 0 aromatic carbocycles. The average Bonchev–Trinajstić information content (AvgIpc) is 2.99. The van der Waals surface area contributed by atoms with Crippen molar-refractivity contribution in [2.24, 2.45) is 5.92 Å². The summed E-state index contributed by atoms with van der Waals surface area (Å²) in [5.74, 6) is -1.13. The van der Waals surface area contributed by atoms with Crippen molar-refractivity contribution in [1.29, 1.82) is 0 Å². The Bertz CT molecular complexity index is 623. The van der Waals surface area contributed by atoms with Crippen LogP contribution in [0.1, 0.15) is 136 Å². The lowest BCUT2D eigenvalue weighted by Crippen LogP contribution is -2.25. The number of hydrogen-bond acceptors (Lipinski definition) is 9. The fourth-order valence-electron chi connectivity index (χ4n) is 4.41. The highest BCUT2D eigenvalue weighted by Crippen LogP contribution is 2.13. The molecule has 0 fully saturated rings. The van der Waals surface area contributed by atoms with Crippen LogP contribution < -0.4 is 0 Å². The van der Waals surface area contributed by atoms with Crippen molar-refractivity contribution < 1.29 is 42.8 Å². The highest BCUT2D eigenvalue weighted by molar-refractivity contribution is 5.70. The molecule has 0 aliphatic rings. The molecule has 9 heteroatoms. The van der Waals surface area contributed by atoms with Gasteiger partial charge in [-0.3, -0.25) is 14.4 Å². The second-order valence-corrected chi connectivity index (χ2v) is 11.1. The largest absolute Gasteiger partial charge is 0.469 e. The van der Waals surface area contributed by atoms with E-state index in [-0.39, 0.29) is 49.9 Å². The van der Waals surface area contributed by atoms with Crippen molar-refractivity contribution in [1.82, 2.24) is 0 Å². The molecule has 0 amide bonds. The van der Waals surface area contributed by atoms with Crippen LogP contribution in [-0.4, -0.2) is 71.5 Å². The quantitative estimate of drug-likeness (QED) is 0.0349. The third-order valence-corrected chi connectivity index (χ3v) is 7.04. The van der Waals surface area contributed by atoms with Crippen LogP contribution in [0.2, 0.25) is 0 Å². The summed E-state index contributed by atoms with van der Waals surface area (Å²) in [7, 11) is 2.92. The minimum Gasteiger partial charge on any atom is -0.469 e. The van der Waals surface area contributed by atoms with Gasteiger partial charge in [-0.1, -0.05) is 84.5 Å². The van der Waals surface area contributed by atoms with Crippen molar-refractivity contribution in [2.45, 2.75) is 142 Å². The predicted molar refractivity (Wildman–Crippen MR) is 164 cm³/mol. The number of rotatable bonds is 31. The highest BCUT2D eigenvalue weighted by atomic mass is 16.7. The molecule has 0 saturated heterocycles. The van der Waals surface area contributed by atoms with Crippen LogP contribution >= 0.6 is 0 Å². The predicted octanol–water partition coefficient (Wildman–Crippen LogP) is 7.32. The Morgan fingerprint density at radius 2 is 0.976 bits per heavy atom. The van der Waals surface area contributed by atoms with Gasteiger partial charge in [0.1, 0.15) is 0 Å². The maximum absolute atomic E-state index is 12.5. The van der Waals surface area contributed by atoms with E-state index in [2.05, 4.69) is 18.6 Å². The molecule has 248 valence electrons. The smallest absolute Gasteiger partial charge is 0.305 e. The molecule has 0 aliphatic heterocycles. The second kappa shape index (κ2) is 30.7. The van der Waals surface area contributed by atoms with Crippen LogP contribution in [0, 0.1) is 5.92 Å². The fraction of sp³-hybridized carbons (Fsp3) is 0.909. The number of ether oxygens (including phenoxy) is 6. The maximum atomic E-state index is 12.5. The Morgan fingerprint density at radius 1 is 0.524 bits per heavy atom. The van der Waals surface area contributed by atoms with E-state index in [1.807, 2.05) is 0 Å². The van der Waals surface area contributed by atoms with Crippen molar-refractivity contribution >= 4 is 17.9 Å². The van der Waals surface area contributed by atoms with Crippen molar-refractivity contribution in [3.8, 4) is 0 Å². The first kappa shape index (κ1) is 40.3. The Morgan fingerprint density at radius 3 is 1.48 bits per heavy atom. The first-order valence-electron chi connectivity index (χ1n) is 16.6. The molecule has 1 unspecified atom stereocenters. The van der Waals surface area contributed by atoms with Crippen molar-refractivity contribution in [3.63, 3.8) is 0 Å². The van der Waals surface area contributed by atoms with Crippen molar-refractivity contribution in [3.05, 3.63) is 0 Å². The molecule has 42 heavy (non-hydrogen) atoms. The lowest BCUT2D eigenvalue weighted by Gasteiger charge is -2.19. The Hall–Kier alpha value is -1.71. The molecule has 0 aromatic rings. The van der Waals surface area contributed by atoms with Crippen LogP contribution in [0.25, 0.3) is 0 Å². The molecule has 0 bridgehead atoms. The van der Waals surface area contributed by atoms with Gasteiger partial charge in [0, 0.05) is 39.6 Å². The normalized spacial score (nSPS) is 11.9. The molecule has 0 aromatic heterocycles. The lowest BCUT2D eigenvalue weighted by molar-refractivity contribution is -0.161. The van der Waals surface area contributed by atoms with Gasteiger partial charge >= 0.3 is 17.9 Å². The lowest BCUT2D eigenvalue weighted by atomic mass is 10.1. The highest BCUT2D eigenvalue weighted by Gasteiger charge is 2.17. The average molecular weight is 603 g/mol. The van der Waals surface area contributed by atoms with E-state index in [9.17, 15) is 14.4 Å².